The Morgan fingerprint density at radius 3 is 2.79 bits per heavy atom. The van der Waals surface area contributed by atoms with Crippen molar-refractivity contribution in [2.24, 2.45) is 11.3 Å². The molecule has 1 aliphatic rings. The molecule has 0 radical (unpaired) electrons. The fourth-order valence-electron chi connectivity index (χ4n) is 3.87. The topological polar surface area (TPSA) is 95.3 Å². The van der Waals surface area contributed by atoms with Crippen LogP contribution in [0.2, 0.25) is 0 Å². The van der Waals surface area contributed by atoms with Gasteiger partial charge >= 0.3 is 5.97 Å². The van der Waals surface area contributed by atoms with E-state index in [-0.39, 0.29) is 16.7 Å². The van der Waals surface area contributed by atoms with Crippen LogP contribution < -0.4 is 5.32 Å². The predicted molar refractivity (Wildman–Crippen MR) is 111 cm³/mol. The minimum atomic E-state index is -1.17. The molecule has 0 spiro atoms. The van der Waals surface area contributed by atoms with Gasteiger partial charge in [0.2, 0.25) is 0 Å². The Morgan fingerprint density at radius 2 is 2.07 bits per heavy atom. The monoisotopic (exact) mass is 397 g/mol. The van der Waals surface area contributed by atoms with Crippen molar-refractivity contribution in [3.63, 3.8) is 0 Å². The molecule has 0 saturated carbocycles. The van der Waals surface area contributed by atoms with Crippen LogP contribution in [0.15, 0.2) is 24.5 Å². The molecule has 6 nitrogen and oxygen atoms in total. The highest BCUT2D eigenvalue weighted by Crippen LogP contribution is 2.44. The van der Waals surface area contributed by atoms with Crippen LogP contribution in [0.4, 0.5) is 11.5 Å². The van der Waals surface area contributed by atoms with E-state index in [4.69, 9.17) is 0 Å². The van der Waals surface area contributed by atoms with Crippen molar-refractivity contribution in [3.05, 3.63) is 40.5 Å². The van der Waals surface area contributed by atoms with Crippen molar-refractivity contribution in [1.82, 2.24) is 9.97 Å². The Balaban J connectivity index is 1.73. The van der Waals surface area contributed by atoms with E-state index < -0.39 is 5.97 Å². The summed E-state index contributed by atoms with van der Waals surface area (Å²) in [7, 11) is 0. The maximum Gasteiger partial charge on any atom is 0.339 e. The van der Waals surface area contributed by atoms with E-state index in [2.05, 4.69) is 36.1 Å². The number of aromatic carboxylic acids is 1. The molecule has 7 heteroatoms. The predicted octanol–water partition coefficient (Wildman–Crippen LogP) is 4.99. The molecular weight excluding hydrogens is 374 g/mol. The van der Waals surface area contributed by atoms with Crippen molar-refractivity contribution in [2.75, 3.05) is 5.32 Å². The van der Waals surface area contributed by atoms with Crippen LogP contribution in [0, 0.1) is 11.3 Å². The third kappa shape index (κ3) is 3.30. The summed E-state index contributed by atoms with van der Waals surface area (Å²) >= 11 is 1.73. The van der Waals surface area contributed by atoms with Gasteiger partial charge in [-0.05, 0) is 54.4 Å². The minimum Gasteiger partial charge on any atom is -0.507 e. The first-order valence-electron chi connectivity index (χ1n) is 9.32. The summed E-state index contributed by atoms with van der Waals surface area (Å²) in [6.45, 7) is 6.90. The highest BCUT2D eigenvalue weighted by molar-refractivity contribution is 7.19. The summed E-state index contributed by atoms with van der Waals surface area (Å²) in [5, 5.41) is 23.2. The maximum absolute atomic E-state index is 11.3. The highest BCUT2D eigenvalue weighted by Gasteiger charge is 2.31. The van der Waals surface area contributed by atoms with E-state index in [9.17, 15) is 15.0 Å². The summed E-state index contributed by atoms with van der Waals surface area (Å²) in [5.74, 6) is -0.103. The van der Waals surface area contributed by atoms with Crippen LogP contribution in [0.1, 0.15) is 48.0 Å². The number of fused-ring (bicyclic) bond motifs is 3. The number of hydrogen-bond donors (Lipinski definition) is 3. The van der Waals surface area contributed by atoms with Gasteiger partial charge in [0.1, 0.15) is 28.3 Å². The zero-order valence-electron chi connectivity index (χ0n) is 16.1. The van der Waals surface area contributed by atoms with Gasteiger partial charge in [0.15, 0.2) is 0 Å². The molecule has 0 amide bonds. The van der Waals surface area contributed by atoms with E-state index in [1.54, 1.807) is 17.4 Å². The van der Waals surface area contributed by atoms with Gasteiger partial charge in [0.25, 0.3) is 0 Å². The van der Waals surface area contributed by atoms with Gasteiger partial charge in [0, 0.05) is 10.6 Å². The number of carboxylic acid groups (broad SMARTS) is 1. The highest BCUT2D eigenvalue weighted by atomic mass is 32.1. The Kier molecular flexibility index (Phi) is 4.50. The van der Waals surface area contributed by atoms with Gasteiger partial charge in [-0.1, -0.05) is 20.8 Å². The third-order valence-electron chi connectivity index (χ3n) is 5.56. The second kappa shape index (κ2) is 6.74. The molecule has 3 aromatic rings. The largest absolute Gasteiger partial charge is 0.507 e. The van der Waals surface area contributed by atoms with E-state index in [1.807, 2.05) is 0 Å². The molecule has 0 bridgehead atoms. The number of phenols is 1. The molecule has 1 unspecified atom stereocenters. The quantitative estimate of drug-likeness (QED) is 0.539. The van der Waals surface area contributed by atoms with Crippen molar-refractivity contribution in [2.45, 2.75) is 40.0 Å². The van der Waals surface area contributed by atoms with Crippen molar-refractivity contribution >= 4 is 39.0 Å². The third-order valence-corrected chi connectivity index (χ3v) is 6.72. The number of benzene rings is 1. The van der Waals surface area contributed by atoms with Gasteiger partial charge in [-0.15, -0.1) is 11.3 Å². The smallest absolute Gasteiger partial charge is 0.339 e. The average Bonchev–Trinajstić information content (AvgIpc) is 3.01. The summed E-state index contributed by atoms with van der Waals surface area (Å²) in [6, 6.07) is 4.44. The molecule has 0 saturated heterocycles. The lowest BCUT2D eigenvalue weighted by atomic mass is 9.72. The van der Waals surface area contributed by atoms with E-state index in [0.717, 1.165) is 29.5 Å². The summed E-state index contributed by atoms with van der Waals surface area (Å²) in [5.41, 5.74) is 2.01. The summed E-state index contributed by atoms with van der Waals surface area (Å²) < 4.78 is 0. The summed E-state index contributed by atoms with van der Waals surface area (Å²) in [6.07, 6.45) is 4.72. The van der Waals surface area contributed by atoms with E-state index in [0.29, 0.717) is 17.4 Å². The minimum absolute atomic E-state index is 0.143. The lowest BCUT2D eigenvalue weighted by Crippen LogP contribution is -2.26. The van der Waals surface area contributed by atoms with Crippen molar-refractivity contribution in [1.29, 1.82) is 0 Å². The Bertz CT molecular complexity index is 1070. The molecule has 3 N–H and O–H groups in total. The van der Waals surface area contributed by atoms with Gasteiger partial charge in [0.05, 0.1) is 5.39 Å². The SMILES string of the molecule is CC(C)(C)C1CCc2c(sc3ncnc(Nc4ccc(O)c(C(=O)O)c4)c23)C1. The Labute approximate surface area is 167 Å². The van der Waals surface area contributed by atoms with Gasteiger partial charge in [-0.2, -0.15) is 0 Å². The number of carboxylic acids is 1. The van der Waals surface area contributed by atoms with Crippen LogP contribution in [-0.2, 0) is 12.8 Å². The number of carbonyl (C=O) groups is 1. The zero-order valence-corrected chi connectivity index (χ0v) is 16.9. The first-order valence-corrected chi connectivity index (χ1v) is 10.1. The summed E-state index contributed by atoms with van der Waals surface area (Å²) in [4.78, 5) is 22.5. The average molecular weight is 398 g/mol. The van der Waals surface area contributed by atoms with Crippen LogP contribution in [0.3, 0.4) is 0 Å². The van der Waals surface area contributed by atoms with Crippen LogP contribution in [0.25, 0.3) is 10.2 Å². The molecule has 2 heterocycles. The molecule has 0 aliphatic heterocycles. The number of aryl methyl sites for hydroxylation is 1. The number of aromatic nitrogens is 2. The number of thiophene rings is 1. The number of nitrogens with zero attached hydrogens (tertiary/aromatic N) is 2. The zero-order chi connectivity index (χ0) is 20.1. The number of aromatic hydroxyl groups is 1. The number of nitrogens with one attached hydrogen (secondary N) is 1. The molecule has 146 valence electrons. The molecule has 1 aliphatic carbocycles. The van der Waals surface area contributed by atoms with E-state index in [1.165, 1.54) is 28.9 Å². The Hall–Kier alpha value is -2.67. The first-order chi connectivity index (χ1) is 13.2. The van der Waals surface area contributed by atoms with Crippen molar-refractivity contribution in [3.8, 4) is 5.75 Å². The van der Waals surface area contributed by atoms with Gasteiger partial charge in [-0.25, -0.2) is 14.8 Å². The number of rotatable bonds is 3. The molecule has 1 aromatic carbocycles. The molecule has 28 heavy (non-hydrogen) atoms. The molecule has 0 fully saturated rings. The fraction of sp³-hybridized carbons (Fsp3) is 0.381. The second-order valence-corrected chi connectivity index (χ2v) is 9.46. The lowest BCUT2D eigenvalue weighted by Gasteiger charge is -2.33. The lowest BCUT2D eigenvalue weighted by molar-refractivity contribution is 0.0694. The van der Waals surface area contributed by atoms with E-state index >= 15 is 0 Å². The normalized spacial score (nSPS) is 16.8. The van der Waals surface area contributed by atoms with Crippen LogP contribution in [-0.4, -0.2) is 26.2 Å². The first kappa shape index (κ1) is 18.7. The fourth-order valence-corrected chi connectivity index (χ4v) is 5.13. The van der Waals surface area contributed by atoms with Crippen LogP contribution in [0.5, 0.6) is 5.75 Å². The maximum atomic E-state index is 11.3. The second-order valence-electron chi connectivity index (χ2n) is 8.37. The number of hydrogen-bond acceptors (Lipinski definition) is 6. The molecule has 4 rings (SSSR count). The van der Waals surface area contributed by atoms with Gasteiger partial charge in [-0.3, -0.25) is 0 Å². The Morgan fingerprint density at radius 1 is 1.29 bits per heavy atom. The molecule has 1 atom stereocenters. The standard InChI is InChI=1S/C21H23N3O3S/c1-21(2,3)11-4-6-13-16(8-11)28-19-17(13)18(22-10-23-19)24-12-5-7-15(25)14(9-12)20(26)27/h5,7,9-11,25H,4,6,8H2,1-3H3,(H,26,27)(H,22,23,24). The molecular formula is C21H23N3O3S. The van der Waals surface area contributed by atoms with Gasteiger partial charge < -0.3 is 15.5 Å². The number of anilines is 2. The van der Waals surface area contributed by atoms with Crippen molar-refractivity contribution < 1.29 is 15.0 Å². The molecule has 2 aromatic heterocycles. The van der Waals surface area contributed by atoms with Crippen LogP contribution >= 0.6 is 11.3 Å².